The van der Waals surface area contributed by atoms with E-state index in [1.807, 2.05) is 0 Å². The predicted octanol–water partition coefficient (Wildman–Crippen LogP) is 44.6. The van der Waals surface area contributed by atoms with Gasteiger partial charge in [0.25, 0.3) is 0 Å². The molecule has 0 N–H and O–H groups in total. The molecule has 0 saturated heterocycles. The summed E-state index contributed by atoms with van der Waals surface area (Å²) in [5.41, 5.74) is 0. The summed E-state index contributed by atoms with van der Waals surface area (Å²) in [6.07, 6.45) is 0. The Labute approximate surface area is 786 Å². The van der Waals surface area contributed by atoms with Crippen LogP contribution < -0.4 is 0 Å². The standard InChI is InChI=1S/3C37H81Si3.Cr/c3*1-29(2,3)38(30(4,5)6,31(7,8)9)28(39(32(10,11)12,33(13,14)15)34(16,17)18)40(35(19,20)21,36(22,23)24)37(25,26)27;/h3*1-27H3;/q;;;+3. The van der Waals surface area contributed by atoms with Crippen molar-refractivity contribution in [1.82, 2.24) is 0 Å². The van der Waals surface area contributed by atoms with Crippen molar-refractivity contribution in [1.29, 1.82) is 0 Å². The number of hydrogen-bond donors (Lipinski definition) is 0. The zero-order chi connectivity index (χ0) is 101. The summed E-state index contributed by atoms with van der Waals surface area (Å²) >= 11 is -3.82. The quantitative estimate of drug-likeness (QED) is 0.171. The van der Waals surface area contributed by atoms with Crippen LogP contribution in [0.25, 0.3) is 0 Å². The van der Waals surface area contributed by atoms with E-state index in [-0.39, 0.29) is 136 Å². The molecule has 0 nitrogen and oxygen atoms in total. The van der Waals surface area contributed by atoms with Gasteiger partial charge in [0.05, 0.1) is 0 Å². The van der Waals surface area contributed by atoms with Gasteiger partial charge in [-0.1, -0.05) is 0 Å². The average molecular weight is 1880 g/mol. The maximum atomic E-state index is 3.16. The monoisotopic (exact) mass is 1880 g/mol. The molecule has 0 aromatic heterocycles. The fraction of sp³-hybridized carbons (Fsp3) is 1.00. The first-order valence-corrected chi connectivity index (χ1v) is 70.0. The van der Waals surface area contributed by atoms with Gasteiger partial charge >= 0.3 is 793 Å². The van der Waals surface area contributed by atoms with E-state index >= 15 is 0 Å². The minimum atomic E-state index is -4.12. The Morgan fingerprint density at radius 3 is 0.132 bits per heavy atom. The van der Waals surface area contributed by atoms with Gasteiger partial charge in [-0.15, -0.1) is 0 Å². The second kappa shape index (κ2) is 31.5. The molecule has 0 saturated carbocycles. The molecule has 0 aliphatic heterocycles. The van der Waals surface area contributed by atoms with Crippen molar-refractivity contribution < 1.29 is 14.1 Å². The number of hydrogen-bond acceptors (Lipinski definition) is 0. The molecule has 0 unspecified atom stereocenters. The van der Waals surface area contributed by atoms with Crippen molar-refractivity contribution in [3.05, 3.63) is 0 Å². The van der Waals surface area contributed by atoms with Gasteiger partial charge in [0, 0.05) is 0 Å². The molecule has 0 aliphatic carbocycles. The third-order valence-corrected chi connectivity index (χ3v) is 150. The first kappa shape index (κ1) is 123. The normalized spacial score (nSPS) is 17.6. The van der Waals surface area contributed by atoms with Crippen LogP contribution in [0.2, 0.25) is 145 Å². The van der Waals surface area contributed by atoms with Gasteiger partial charge in [0.1, 0.15) is 0 Å². The summed E-state index contributed by atoms with van der Waals surface area (Å²) in [6.45, 7) is 256. The van der Waals surface area contributed by atoms with E-state index in [0.717, 1.165) is 0 Å². The zero-order valence-electron chi connectivity index (χ0n) is 101. The molecule has 0 aromatic carbocycles. The first-order chi connectivity index (χ1) is 50.4. The molecule has 121 heavy (non-hydrogen) atoms. The Hall–Kier alpha value is 2.48. The Morgan fingerprint density at radius 1 is 0.0744 bits per heavy atom. The van der Waals surface area contributed by atoms with Crippen LogP contribution in [0.4, 0.5) is 0 Å². The van der Waals surface area contributed by atoms with Crippen molar-refractivity contribution in [2.24, 2.45) is 0 Å². The molecule has 0 aromatic rings. The average Bonchev–Trinajstić information content (AvgIpc) is 0.575. The molecule has 0 amide bonds. The van der Waals surface area contributed by atoms with Crippen molar-refractivity contribution in [2.75, 3.05) is 0 Å². The van der Waals surface area contributed by atoms with E-state index in [0.29, 0.717) is 0 Å². The molecule has 0 radical (unpaired) electrons. The van der Waals surface area contributed by atoms with E-state index < -0.39 is 96.3 Å². The van der Waals surface area contributed by atoms with Gasteiger partial charge in [-0.25, -0.2) is 0 Å². The van der Waals surface area contributed by atoms with E-state index in [9.17, 15) is 0 Å². The summed E-state index contributed by atoms with van der Waals surface area (Å²) in [5.74, 6) is 0. The second-order valence-electron chi connectivity index (χ2n) is 69.8. The topological polar surface area (TPSA) is 0 Å². The Kier molecular flexibility index (Phi) is 32.2. The van der Waals surface area contributed by atoms with Crippen LogP contribution in [0, 0.1) is 0 Å². The predicted molar refractivity (Wildman–Crippen MR) is 592 cm³/mol. The molecule has 0 heterocycles. The fourth-order valence-electron chi connectivity index (χ4n) is 49.2. The SMILES string of the molecule is CC(C)(C)[Si](C(C)(C)C)(C(C)(C)C)[C]([Cr+3]([C]([Si](C(C)(C)C)(C(C)(C)C)C(C)(C)C)([Si](C(C)(C)C)(C(C)(C)C)C(C)(C)C)[Si](C(C)(C)C)(C(C)(C)C)C(C)(C)C)[C]([Si](C(C)(C)C)(C(C)(C)C)C(C)(C)C)([Si](C(C)(C)C)(C(C)(C)C)C(C)(C)C)[Si](C(C)(C)C)(C(C)(C)C)C(C)(C)C)([Si](C(C)(C)C)(C(C)(C)C)C(C)(C)C)[Si](C(C)(C)C)(C(C)(C)C)C(C)(C)C. The van der Waals surface area contributed by atoms with Gasteiger partial charge < -0.3 is 0 Å². The fourth-order valence-corrected chi connectivity index (χ4v) is 299. The molecule has 0 aliphatic rings. The zero-order valence-corrected chi connectivity index (χ0v) is 111. The van der Waals surface area contributed by atoms with Gasteiger partial charge in [-0.3, -0.25) is 0 Å². The summed E-state index contributed by atoms with van der Waals surface area (Å²) < 4.78 is -1.23. The second-order valence-corrected chi connectivity index (χ2v) is 144. The molecule has 0 bridgehead atoms. The Morgan fingerprint density at radius 2 is 0.107 bits per heavy atom. The molecule has 0 spiro atoms. The summed E-state index contributed by atoms with van der Waals surface area (Å²) in [6, 6.07) is 0. The molecule has 0 fully saturated rings. The molecule has 726 valence electrons. The van der Waals surface area contributed by atoms with Gasteiger partial charge in [0.15, 0.2) is 0 Å². The van der Waals surface area contributed by atoms with E-state index in [2.05, 4.69) is 561 Å². The molecular weight excluding hydrogens is 1640 g/mol. The van der Waals surface area contributed by atoms with Crippen LogP contribution in [0.3, 0.4) is 0 Å². The molecular formula is C111H243CrSi9+3. The van der Waals surface area contributed by atoms with Crippen LogP contribution in [0.15, 0.2) is 0 Å². The summed E-state index contributed by atoms with van der Waals surface area (Å²) in [7, 11) is -37.0. The van der Waals surface area contributed by atoms with E-state index in [1.165, 1.54) is 0 Å². The van der Waals surface area contributed by atoms with Crippen LogP contribution in [0.1, 0.15) is 561 Å². The molecule has 0 rings (SSSR count). The van der Waals surface area contributed by atoms with Gasteiger partial charge in [-0.2, -0.15) is 0 Å². The summed E-state index contributed by atoms with van der Waals surface area (Å²) in [5, 5.41) is -7.41. The van der Waals surface area contributed by atoms with Crippen molar-refractivity contribution in [2.45, 2.75) is 706 Å². The van der Waals surface area contributed by atoms with Crippen molar-refractivity contribution in [3.8, 4) is 0 Å². The maximum absolute atomic E-state index is 4.12. The number of rotatable bonds is 12. The van der Waals surface area contributed by atoms with E-state index in [4.69, 9.17) is 0 Å². The van der Waals surface area contributed by atoms with E-state index in [1.54, 1.807) is 0 Å². The third kappa shape index (κ3) is 15.0. The Bertz CT molecular complexity index is 2450. The first-order valence-electron chi connectivity index (χ1n) is 50.1. The minimum absolute atomic E-state index is 0.275. The van der Waals surface area contributed by atoms with Crippen LogP contribution in [0.5, 0.6) is 0 Å². The van der Waals surface area contributed by atoms with Crippen molar-refractivity contribution in [3.63, 3.8) is 0 Å². The third-order valence-electron chi connectivity index (χ3n) is 36.0. The van der Waals surface area contributed by atoms with Gasteiger partial charge in [-0.05, 0) is 0 Å². The summed E-state index contributed by atoms with van der Waals surface area (Å²) in [4.78, 5) is 0. The molecule has 10 heteroatoms. The molecule has 0 atom stereocenters. The van der Waals surface area contributed by atoms with Gasteiger partial charge in [0.2, 0.25) is 0 Å². The van der Waals surface area contributed by atoms with Crippen LogP contribution in [-0.2, 0) is 14.1 Å². The van der Waals surface area contributed by atoms with Crippen LogP contribution >= 0.6 is 0 Å². The van der Waals surface area contributed by atoms with Crippen LogP contribution in [-0.4, -0.2) is 72.7 Å². The van der Waals surface area contributed by atoms with Crippen molar-refractivity contribution >= 4 is 72.7 Å². The Balaban J connectivity index is 21.5.